The van der Waals surface area contributed by atoms with Crippen molar-refractivity contribution in [1.82, 2.24) is 4.47 Å². The van der Waals surface area contributed by atoms with Crippen LogP contribution in [0.4, 0.5) is 0 Å². The molecule has 0 saturated carbocycles. The molecule has 0 aliphatic carbocycles. The molecule has 1 aromatic carbocycles. The summed E-state index contributed by atoms with van der Waals surface area (Å²) in [4.78, 5) is 15.9. The van der Waals surface area contributed by atoms with Gasteiger partial charge in [0, 0.05) is 0 Å². The van der Waals surface area contributed by atoms with Gasteiger partial charge in [0.2, 0.25) is 0 Å². The molecule has 0 fully saturated rings. The van der Waals surface area contributed by atoms with E-state index in [1.54, 1.807) is 12.1 Å². The number of benzene rings is 1. The van der Waals surface area contributed by atoms with Crippen LogP contribution in [0.1, 0.15) is 5.56 Å². The largest absolute Gasteiger partial charge is 0.468 e. The van der Waals surface area contributed by atoms with E-state index in [4.69, 9.17) is 4.84 Å². The molecular formula is C11H15NO5S. The predicted molar refractivity (Wildman–Crippen MR) is 64.1 cm³/mol. The Balaban J connectivity index is 3.03. The van der Waals surface area contributed by atoms with E-state index in [1.807, 2.05) is 6.92 Å². The van der Waals surface area contributed by atoms with Gasteiger partial charge in [-0.1, -0.05) is 22.2 Å². The van der Waals surface area contributed by atoms with Crippen LogP contribution in [0.2, 0.25) is 0 Å². The molecule has 0 bridgehead atoms. The molecule has 0 radical (unpaired) electrons. The first-order chi connectivity index (χ1) is 8.41. The Morgan fingerprint density at radius 1 is 1.22 bits per heavy atom. The molecule has 0 N–H and O–H groups in total. The van der Waals surface area contributed by atoms with Gasteiger partial charge < -0.3 is 4.74 Å². The van der Waals surface area contributed by atoms with Gasteiger partial charge >= 0.3 is 5.97 Å². The molecule has 7 heteroatoms. The Hall–Kier alpha value is -1.44. The highest BCUT2D eigenvalue weighted by molar-refractivity contribution is 7.89. The fourth-order valence-electron chi connectivity index (χ4n) is 1.25. The first-order valence-electron chi connectivity index (χ1n) is 5.12. The molecule has 0 unspecified atom stereocenters. The number of methoxy groups -OCH3 is 1. The van der Waals surface area contributed by atoms with Crippen molar-refractivity contribution in [2.45, 2.75) is 11.8 Å². The first-order valence-corrected chi connectivity index (χ1v) is 6.56. The zero-order valence-corrected chi connectivity index (χ0v) is 11.2. The van der Waals surface area contributed by atoms with Gasteiger partial charge in [0.25, 0.3) is 10.0 Å². The fraction of sp³-hybridized carbons (Fsp3) is 0.364. The quantitative estimate of drug-likeness (QED) is 0.584. The second-order valence-electron chi connectivity index (χ2n) is 3.54. The molecule has 18 heavy (non-hydrogen) atoms. The van der Waals surface area contributed by atoms with Crippen molar-refractivity contribution in [3.8, 4) is 0 Å². The zero-order valence-electron chi connectivity index (χ0n) is 10.4. The van der Waals surface area contributed by atoms with Crippen molar-refractivity contribution >= 4 is 16.0 Å². The van der Waals surface area contributed by atoms with Crippen LogP contribution in [0.5, 0.6) is 0 Å². The number of sulfonamides is 1. The molecule has 6 nitrogen and oxygen atoms in total. The lowest BCUT2D eigenvalue weighted by atomic mass is 10.2. The summed E-state index contributed by atoms with van der Waals surface area (Å²) in [6.45, 7) is 1.35. The van der Waals surface area contributed by atoms with E-state index < -0.39 is 22.5 Å². The number of hydroxylamine groups is 1. The Morgan fingerprint density at radius 3 is 2.22 bits per heavy atom. The second-order valence-corrected chi connectivity index (χ2v) is 5.37. The minimum absolute atomic E-state index is 0.0545. The maximum Gasteiger partial charge on any atom is 0.323 e. The minimum Gasteiger partial charge on any atom is -0.468 e. The first kappa shape index (κ1) is 14.6. The third kappa shape index (κ3) is 3.28. The van der Waals surface area contributed by atoms with Crippen molar-refractivity contribution in [3.63, 3.8) is 0 Å². The van der Waals surface area contributed by atoms with Crippen molar-refractivity contribution in [2.75, 3.05) is 20.8 Å². The zero-order chi connectivity index (χ0) is 13.8. The number of ether oxygens (including phenoxy) is 1. The van der Waals surface area contributed by atoms with Gasteiger partial charge in [0.15, 0.2) is 0 Å². The summed E-state index contributed by atoms with van der Waals surface area (Å²) in [6.07, 6.45) is 0. The maximum atomic E-state index is 12.1. The molecule has 100 valence electrons. The van der Waals surface area contributed by atoms with Gasteiger partial charge in [-0.15, -0.1) is 0 Å². The summed E-state index contributed by atoms with van der Waals surface area (Å²) < 4.78 is 29.2. The van der Waals surface area contributed by atoms with Gasteiger partial charge in [0.1, 0.15) is 6.54 Å². The predicted octanol–water partition coefficient (Wildman–Crippen LogP) is 0.720. The normalized spacial score (nSPS) is 11.6. The van der Waals surface area contributed by atoms with Crippen molar-refractivity contribution < 1.29 is 22.8 Å². The highest BCUT2D eigenvalue weighted by atomic mass is 32.2. The molecule has 0 saturated heterocycles. The average molecular weight is 273 g/mol. The van der Waals surface area contributed by atoms with Crippen molar-refractivity contribution in [1.29, 1.82) is 0 Å². The number of rotatable bonds is 5. The Morgan fingerprint density at radius 2 is 1.78 bits per heavy atom. The number of nitrogens with zero attached hydrogens (tertiary/aromatic N) is 1. The molecule has 0 spiro atoms. The molecular weight excluding hydrogens is 258 g/mol. The van der Waals surface area contributed by atoms with E-state index in [0.717, 1.165) is 5.56 Å². The monoisotopic (exact) mass is 273 g/mol. The van der Waals surface area contributed by atoms with Crippen LogP contribution in [0.25, 0.3) is 0 Å². The van der Waals surface area contributed by atoms with E-state index in [2.05, 4.69) is 4.74 Å². The lowest BCUT2D eigenvalue weighted by Gasteiger charge is -2.18. The number of esters is 1. The molecule has 0 atom stereocenters. The second kappa shape index (κ2) is 5.94. The van der Waals surface area contributed by atoms with Crippen LogP contribution in [-0.2, 0) is 24.4 Å². The summed E-state index contributed by atoms with van der Waals surface area (Å²) in [6, 6.07) is 6.24. The van der Waals surface area contributed by atoms with Crippen LogP contribution in [0.3, 0.4) is 0 Å². The third-order valence-electron chi connectivity index (χ3n) is 2.28. The van der Waals surface area contributed by atoms with Gasteiger partial charge in [-0.2, -0.15) is 0 Å². The maximum absolute atomic E-state index is 12.1. The average Bonchev–Trinajstić information content (AvgIpc) is 2.35. The number of carbonyl (C=O) groups excluding carboxylic acids is 1. The summed E-state index contributed by atoms with van der Waals surface area (Å²) in [7, 11) is -1.51. The molecule has 0 aliphatic rings. The van der Waals surface area contributed by atoms with Gasteiger partial charge in [-0.05, 0) is 19.1 Å². The summed E-state index contributed by atoms with van der Waals surface area (Å²) in [5.74, 6) is -0.701. The van der Waals surface area contributed by atoms with E-state index in [-0.39, 0.29) is 4.90 Å². The summed E-state index contributed by atoms with van der Waals surface area (Å²) in [5.41, 5.74) is 0.936. The van der Waals surface area contributed by atoms with E-state index in [1.165, 1.54) is 26.4 Å². The van der Waals surface area contributed by atoms with Gasteiger partial charge in [-0.3, -0.25) is 9.63 Å². The number of hydrogen-bond acceptors (Lipinski definition) is 5. The SMILES string of the molecule is COC(=O)CN(OC)S(=O)(=O)c1ccc(C)cc1. The molecule has 0 aliphatic heterocycles. The van der Waals surface area contributed by atoms with Crippen LogP contribution in [-0.4, -0.2) is 39.6 Å². The van der Waals surface area contributed by atoms with Gasteiger partial charge in [0.05, 0.1) is 19.1 Å². The van der Waals surface area contributed by atoms with E-state index in [9.17, 15) is 13.2 Å². The van der Waals surface area contributed by atoms with Crippen LogP contribution < -0.4 is 0 Å². The van der Waals surface area contributed by atoms with E-state index in [0.29, 0.717) is 4.47 Å². The number of aryl methyl sites for hydroxylation is 1. The van der Waals surface area contributed by atoms with Crippen LogP contribution in [0, 0.1) is 6.92 Å². The van der Waals surface area contributed by atoms with Crippen LogP contribution >= 0.6 is 0 Å². The van der Waals surface area contributed by atoms with Crippen LogP contribution in [0.15, 0.2) is 29.2 Å². The Bertz CT molecular complexity index is 509. The summed E-state index contributed by atoms with van der Waals surface area (Å²) in [5, 5.41) is 0. The highest BCUT2D eigenvalue weighted by Crippen LogP contribution is 2.16. The lowest BCUT2D eigenvalue weighted by Crippen LogP contribution is -2.35. The highest BCUT2D eigenvalue weighted by Gasteiger charge is 2.27. The molecule has 0 heterocycles. The third-order valence-corrected chi connectivity index (χ3v) is 3.96. The summed E-state index contributed by atoms with van der Waals surface area (Å²) >= 11 is 0. The lowest BCUT2D eigenvalue weighted by molar-refractivity contribution is -0.149. The number of carbonyl (C=O) groups is 1. The van der Waals surface area contributed by atoms with Crippen molar-refractivity contribution in [3.05, 3.63) is 29.8 Å². The topological polar surface area (TPSA) is 72.9 Å². The molecule has 1 aromatic rings. The smallest absolute Gasteiger partial charge is 0.323 e. The van der Waals surface area contributed by atoms with Crippen molar-refractivity contribution in [2.24, 2.45) is 0 Å². The standard InChI is InChI=1S/C11H15NO5S/c1-9-4-6-10(7-5-9)18(14,15)12(17-3)8-11(13)16-2/h4-7H,8H2,1-3H3. The minimum atomic E-state index is -3.86. The van der Waals surface area contributed by atoms with Gasteiger partial charge in [-0.25, -0.2) is 8.42 Å². The number of hydrogen-bond donors (Lipinski definition) is 0. The molecule has 0 amide bonds. The molecule has 0 aromatic heterocycles. The Labute approximate surface area is 106 Å². The fourth-order valence-corrected chi connectivity index (χ4v) is 2.43. The Kier molecular flexibility index (Phi) is 4.83. The van der Waals surface area contributed by atoms with E-state index >= 15 is 0 Å². The molecule has 1 rings (SSSR count).